The Bertz CT molecular complexity index is 1530. The van der Waals surface area contributed by atoms with Crippen LogP contribution in [0.4, 0.5) is 10.8 Å². The van der Waals surface area contributed by atoms with Crippen LogP contribution in [0.25, 0.3) is 10.6 Å². The van der Waals surface area contributed by atoms with E-state index in [1.54, 1.807) is 42.7 Å². The molecule has 5 rings (SSSR count). The van der Waals surface area contributed by atoms with Crippen LogP contribution in [-0.4, -0.2) is 23.9 Å². The van der Waals surface area contributed by atoms with Crippen LogP contribution in [-0.2, 0) is 4.79 Å². The second kappa shape index (κ2) is 12.1. The molecule has 0 aliphatic heterocycles. The van der Waals surface area contributed by atoms with Crippen molar-refractivity contribution < 1.29 is 14.3 Å². The smallest absolute Gasteiger partial charge is 0.255 e. The summed E-state index contributed by atoms with van der Waals surface area (Å²) in [5.41, 5.74) is 2.85. The second-order valence-electron chi connectivity index (χ2n) is 8.13. The molecule has 2 N–H and O–H groups in total. The Morgan fingerprint density at radius 1 is 0.895 bits per heavy atom. The summed E-state index contributed by atoms with van der Waals surface area (Å²) >= 11 is 4.43. The Kier molecular flexibility index (Phi) is 8.18. The van der Waals surface area contributed by atoms with E-state index in [1.165, 1.54) is 23.1 Å². The largest absolute Gasteiger partial charge is 0.497 e. The van der Waals surface area contributed by atoms with Crippen LogP contribution in [0.15, 0.2) is 107 Å². The average molecular weight is 558 g/mol. The molecule has 0 saturated heterocycles. The first-order valence-corrected chi connectivity index (χ1v) is 14.3. The van der Waals surface area contributed by atoms with Crippen molar-refractivity contribution in [2.24, 2.45) is 0 Å². The molecule has 0 bridgehead atoms. The van der Waals surface area contributed by atoms with E-state index in [1.807, 2.05) is 77.5 Å². The molecule has 0 spiro atoms. The molecule has 2 aromatic heterocycles. The third-order valence-electron chi connectivity index (χ3n) is 5.53. The number of carbonyl (C=O) groups excluding carboxylic acids is 2. The van der Waals surface area contributed by atoms with E-state index in [0.29, 0.717) is 22.1 Å². The number of aromatic nitrogens is 1. The van der Waals surface area contributed by atoms with Crippen molar-refractivity contribution in [2.45, 2.75) is 10.1 Å². The predicted molar refractivity (Wildman–Crippen MR) is 156 cm³/mol. The monoisotopic (exact) mass is 557 g/mol. The van der Waals surface area contributed by atoms with Crippen LogP contribution in [0.3, 0.4) is 0 Å². The lowest BCUT2D eigenvalue weighted by molar-refractivity contribution is -0.115. The third-order valence-corrected chi connectivity index (χ3v) is 8.42. The first-order valence-electron chi connectivity index (χ1n) is 11.7. The van der Waals surface area contributed by atoms with E-state index in [0.717, 1.165) is 21.0 Å². The van der Waals surface area contributed by atoms with Crippen LogP contribution in [0.2, 0.25) is 0 Å². The average Bonchev–Trinajstić information content (AvgIpc) is 3.65. The topological polar surface area (TPSA) is 80.3 Å². The highest BCUT2D eigenvalue weighted by Gasteiger charge is 2.23. The molecule has 0 aliphatic rings. The molecule has 2 heterocycles. The number of ether oxygens (including phenoxy) is 1. The van der Waals surface area contributed by atoms with Gasteiger partial charge in [0.05, 0.1) is 17.7 Å². The zero-order valence-electron chi connectivity index (χ0n) is 20.3. The molecule has 6 nitrogen and oxygen atoms in total. The van der Waals surface area contributed by atoms with Crippen molar-refractivity contribution in [2.75, 3.05) is 17.7 Å². The van der Waals surface area contributed by atoms with Crippen molar-refractivity contribution in [3.05, 3.63) is 113 Å². The SMILES string of the molecule is COc1cccc(C(=O)Nc2cccc(SC(C(=O)Nc3nc(-c4cccs4)cs3)c3ccccc3)c2)c1. The predicted octanol–water partition coefficient (Wildman–Crippen LogP) is 7.60. The molecule has 5 aromatic rings. The Morgan fingerprint density at radius 2 is 1.74 bits per heavy atom. The first kappa shape index (κ1) is 25.7. The highest BCUT2D eigenvalue weighted by atomic mass is 32.2. The molecule has 1 atom stereocenters. The Hall–Kier alpha value is -3.92. The number of thiophene rings is 1. The fourth-order valence-electron chi connectivity index (χ4n) is 3.69. The molecular formula is C29H23N3O3S3. The number of anilines is 2. The second-order valence-corrected chi connectivity index (χ2v) is 11.1. The maximum atomic E-state index is 13.5. The molecule has 38 heavy (non-hydrogen) atoms. The number of amides is 2. The maximum absolute atomic E-state index is 13.5. The summed E-state index contributed by atoms with van der Waals surface area (Å²) in [6.07, 6.45) is 0. The molecule has 0 radical (unpaired) electrons. The van der Waals surface area contributed by atoms with Gasteiger partial charge < -0.3 is 15.4 Å². The van der Waals surface area contributed by atoms with Crippen LogP contribution >= 0.6 is 34.4 Å². The van der Waals surface area contributed by atoms with E-state index >= 15 is 0 Å². The van der Waals surface area contributed by atoms with Gasteiger partial charge in [-0.2, -0.15) is 0 Å². The van der Waals surface area contributed by atoms with Crippen LogP contribution in [0, 0.1) is 0 Å². The number of thiazole rings is 1. The fraction of sp³-hybridized carbons (Fsp3) is 0.0690. The lowest BCUT2D eigenvalue weighted by Gasteiger charge is -2.17. The molecular weight excluding hydrogens is 535 g/mol. The van der Waals surface area contributed by atoms with Crippen molar-refractivity contribution >= 4 is 57.1 Å². The number of hydrogen-bond acceptors (Lipinski definition) is 7. The Balaban J connectivity index is 1.33. The molecule has 1 unspecified atom stereocenters. The van der Waals surface area contributed by atoms with Gasteiger partial charge in [-0.25, -0.2) is 4.98 Å². The summed E-state index contributed by atoms with van der Waals surface area (Å²) < 4.78 is 5.22. The van der Waals surface area contributed by atoms with Crippen LogP contribution in [0.5, 0.6) is 5.75 Å². The van der Waals surface area contributed by atoms with Gasteiger partial charge in [0, 0.05) is 21.5 Å². The molecule has 9 heteroatoms. The minimum atomic E-state index is -0.519. The van der Waals surface area contributed by atoms with Gasteiger partial charge in [0.2, 0.25) is 5.91 Å². The van der Waals surface area contributed by atoms with Gasteiger partial charge in [-0.1, -0.05) is 48.5 Å². The molecule has 2 amide bonds. The van der Waals surface area contributed by atoms with Crippen LogP contribution in [0.1, 0.15) is 21.2 Å². The molecule has 0 fully saturated rings. The molecule has 190 valence electrons. The van der Waals surface area contributed by atoms with Crippen molar-refractivity contribution in [3.63, 3.8) is 0 Å². The Morgan fingerprint density at radius 3 is 2.53 bits per heavy atom. The standard InChI is InChI=1S/C29H23N3O3S3/c1-35-22-12-5-10-20(16-22)27(33)30-21-11-6-13-23(17-21)38-26(19-8-3-2-4-9-19)28(34)32-29-31-24(18-37-29)25-14-7-15-36-25/h2-18,26H,1H3,(H,30,33)(H,31,32,34). The van der Waals surface area contributed by atoms with Gasteiger partial charge >= 0.3 is 0 Å². The number of thioether (sulfide) groups is 1. The fourth-order valence-corrected chi connectivity index (χ4v) is 6.25. The summed E-state index contributed by atoms with van der Waals surface area (Å²) in [7, 11) is 1.56. The van der Waals surface area contributed by atoms with Crippen molar-refractivity contribution in [3.8, 4) is 16.3 Å². The van der Waals surface area contributed by atoms with Gasteiger partial charge in [-0.15, -0.1) is 34.4 Å². The zero-order chi connectivity index (χ0) is 26.3. The van der Waals surface area contributed by atoms with Crippen molar-refractivity contribution in [1.82, 2.24) is 4.98 Å². The van der Waals surface area contributed by atoms with Crippen LogP contribution < -0.4 is 15.4 Å². The van der Waals surface area contributed by atoms with Gasteiger partial charge in [0.25, 0.3) is 5.91 Å². The van der Waals surface area contributed by atoms with Gasteiger partial charge in [0.15, 0.2) is 5.13 Å². The first-order chi connectivity index (χ1) is 18.6. The summed E-state index contributed by atoms with van der Waals surface area (Å²) in [6.45, 7) is 0. The van der Waals surface area contributed by atoms with E-state index in [4.69, 9.17) is 4.74 Å². The zero-order valence-corrected chi connectivity index (χ0v) is 22.7. The minimum Gasteiger partial charge on any atom is -0.497 e. The number of nitrogens with one attached hydrogen (secondary N) is 2. The van der Waals surface area contributed by atoms with E-state index < -0.39 is 5.25 Å². The number of nitrogens with zero attached hydrogens (tertiary/aromatic N) is 1. The lowest BCUT2D eigenvalue weighted by atomic mass is 10.1. The highest BCUT2D eigenvalue weighted by molar-refractivity contribution is 8.00. The summed E-state index contributed by atoms with van der Waals surface area (Å²) in [4.78, 5) is 32.8. The molecule has 0 aliphatic carbocycles. The number of methoxy groups -OCH3 is 1. The van der Waals surface area contributed by atoms with Gasteiger partial charge in [-0.3, -0.25) is 9.59 Å². The number of carbonyl (C=O) groups is 2. The van der Waals surface area contributed by atoms with Gasteiger partial charge in [0.1, 0.15) is 11.0 Å². The number of benzene rings is 3. The van der Waals surface area contributed by atoms with E-state index in [2.05, 4.69) is 15.6 Å². The molecule has 3 aromatic carbocycles. The van der Waals surface area contributed by atoms with E-state index in [9.17, 15) is 9.59 Å². The summed E-state index contributed by atoms with van der Waals surface area (Å²) in [5, 5.41) is 9.91. The Labute approximate surface area is 232 Å². The normalized spacial score (nSPS) is 11.5. The maximum Gasteiger partial charge on any atom is 0.255 e. The summed E-state index contributed by atoms with van der Waals surface area (Å²) in [6, 6.07) is 28.1. The van der Waals surface area contributed by atoms with Crippen molar-refractivity contribution in [1.29, 1.82) is 0 Å². The third kappa shape index (κ3) is 6.31. The molecule has 0 saturated carbocycles. The number of rotatable bonds is 9. The quantitative estimate of drug-likeness (QED) is 0.182. The lowest BCUT2D eigenvalue weighted by Crippen LogP contribution is -2.19. The van der Waals surface area contributed by atoms with E-state index in [-0.39, 0.29) is 11.8 Å². The number of hydrogen-bond donors (Lipinski definition) is 2. The highest BCUT2D eigenvalue weighted by Crippen LogP contribution is 2.38. The van der Waals surface area contributed by atoms with Gasteiger partial charge in [-0.05, 0) is 53.4 Å². The summed E-state index contributed by atoms with van der Waals surface area (Å²) in [5.74, 6) is 0.203. The minimum absolute atomic E-state index is 0.168.